The number of ether oxygens (including phenoxy) is 1. The zero-order valence-electron chi connectivity index (χ0n) is 37.1. The van der Waals surface area contributed by atoms with E-state index in [1.165, 1.54) is 161 Å². The van der Waals surface area contributed by atoms with Gasteiger partial charge in [-0.1, -0.05) is 213 Å². The quantitative estimate of drug-likeness (QED) is 0.0325. The molecule has 3 N–H and O–H groups in total. The van der Waals surface area contributed by atoms with Crippen LogP contribution >= 0.6 is 0 Å². The van der Waals surface area contributed by atoms with E-state index in [1.807, 2.05) is 0 Å². The Bertz CT molecular complexity index is 832. The highest BCUT2D eigenvalue weighted by atomic mass is 16.5. The molecule has 0 rings (SSSR count). The molecule has 0 saturated heterocycles. The molecule has 0 aromatic carbocycles. The average molecular weight is 778 g/mol. The topological polar surface area (TPSA) is 95.9 Å². The predicted octanol–water partition coefficient (Wildman–Crippen LogP) is 14.2. The summed E-state index contributed by atoms with van der Waals surface area (Å²) < 4.78 is 5.91. The van der Waals surface area contributed by atoms with E-state index < -0.39 is 18.2 Å². The minimum absolute atomic E-state index is 0.0782. The van der Waals surface area contributed by atoms with E-state index in [1.54, 1.807) is 0 Å². The number of allylic oxidation sites excluding steroid dienone is 2. The van der Waals surface area contributed by atoms with Gasteiger partial charge < -0.3 is 20.3 Å². The van der Waals surface area contributed by atoms with Crippen molar-refractivity contribution in [2.45, 2.75) is 283 Å². The number of rotatable bonds is 44. The fourth-order valence-corrected chi connectivity index (χ4v) is 7.60. The molecule has 0 spiro atoms. The molecule has 0 aromatic rings. The number of unbranched alkanes of at least 4 members (excludes halogenated alkanes) is 30. The smallest absolute Gasteiger partial charge is 0.306 e. The zero-order chi connectivity index (χ0) is 40.3. The van der Waals surface area contributed by atoms with Crippen LogP contribution in [0.1, 0.15) is 265 Å². The van der Waals surface area contributed by atoms with E-state index in [9.17, 15) is 19.8 Å². The SMILES string of the molecule is CCCCCCCC/C=C/CCCCCCCC(CC(=O)NC(CO)C(O)CCCCCCCCCCCC)OC(=O)CCCCCCCCCCCCC. The first kappa shape index (κ1) is 53.6. The summed E-state index contributed by atoms with van der Waals surface area (Å²) in [6.07, 6.45) is 47.0. The van der Waals surface area contributed by atoms with Gasteiger partial charge in [-0.3, -0.25) is 9.59 Å². The highest BCUT2D eigenvalue weighted by molar-refractivity contribution is 5.77. The number of hydrogen-bond acceptors (Lipinski definition) is 5. The minimum Gasteiger partial charge on any atom is -0.462 e. The van der Waals surface area contributed by atoms with Gasteiger partial charge in [0, 0.05) is 6.42 Å². The molecule has 0 bridgehead atoms. The molecule has 0 aliphatic heterocycles. The Balaban J connectivity index is 4.57. The third-order valence-electron chi connectivity index (χ3n) is 11.3. The number of amides is 1. The monoisotopic (exact) mass is 778 g/mol. The van der Waals surface area contributed by atoms with Gasteiger partial charge in [-0.2, -0.15) is 0 Å². The van der Waals surface area contributed by atoms with Gasteiger partial charge in [0.2, 0.25) is 5.91 Å². The van der Waals surface area contributed by atoms with Crippen LogP contribution < -0.4 is 5.32 Å². The van der Waals surface area contributed by atoms with Crippen LogP contribution in [0.15, 0.2) is 12.2 Å². The molecule has 0 fully saturated rings. The first-order chi connectivity index (χ1) is 27.0. The molecular formula is C49H95NO5. The van der Waals surface area contributed by atoms with Crippen molar-refractivity contribution in [2.24, 2.45) is 0 Å². The molecule has 0 heterocycles. The molecule has 55 heavy (non-hydrogen) atoms. The molecule has 6 heteroatoms. The van der Waals surface area contributed by atoms with Crippen molar-refractivity contribution in [2.75, 3.05) is 6.61 Å². The van der Waals surface area contributed by atoms with E-state index in [0.717, 1.165) is 57.8 Å². The minimum atomic E-state index is -0.782. The van der Waals surface area contributed by atoms with Gasteiger partial charge in [0.1, 0.15) is 6.10 Å². The molecule has 326 valence electrons. The second-order valence-corrected chi connectivity index (χ2v) is 16.9. The highest BCUT2D eigenvalue weighted by Crippen LogP contribution is 2.18. The molecule has 6 nitrogen and oxygen atoms in total. The van der Waals surface area contributed by atoms with E-state index in [4.69, 9.17) is 4.74 Å². The normalized spacial score (nSPS) is 13.3. The van der Waals surface area contributed by atoms with Crippen LogP contribution in [0.2, 0.25) is 0 Å². The number of carbonyl (C=O) groups is 2. The van der Waals surface area contributed by atoms with Crippen LogP contribution in [-0.4, -0.2) is 46.9 Å². The molecule has 0 aliphatic rings. The Hall–Kier alpha value is -1.40. The summed E-state index contributed by atoms with van der Waals surface area (Å²) in [5, 5.41) is 23.7. The largest absolute Gasteiger partial charge is 0.462 e. The molecule has 0 saturated carbocycles. The Morgan fingerprint density at radius 1 is 0.509 bits per heavy atom. The third-order valence-corrected chi connectivity index (χ3v) is 11.3. The van der Waals surface area contributed by atoms with Crippen molar-refractivity contribution in [3.05, 3.63) is 12.2 Å². The van der Waals surface area contributed by atoms with Crippen molar-refractivity contribution in [1.82, 2.24) is 5.32 Å². The summed E-state index contributed by atoms with van der Waals surface area (Å²) in [4.78, 5) is 26.0. The van der Waals surface area contributed by atoms with Crippen LogP contribution in [-0.2, 0) is 14.3 Å². The van der Waals surface area contributed by atoms with Crippen LogP contribution in [0.3, 0.4) is 0 Å². The molecule has 3 unspecified atom stereocenters. The van der Waals surface area contributed by atoms with E-state index >= 15 is 0 Å². The maximum absolute atomic E-state index is 13.1. The van der Waals surface area contributed by atoms with Gasteiger partial charge in [0.15, 0.2) is 0 Å². The third kappa shape index (κ3) is 39.2. The molecule has 0 radical (unpaired) electrons. The molecule has 3 atom stereocenters. The van der Waals surface area contributed by atoms with E-state index in [0.29, 0.717) is 19.3 Å². The van der Waals surface area contributed by atoms with Crippen molar-refractivity contribution < 1.29 is 24.5 Å². The Morgan fingerprint density at radius 2 is 0.873 bits per heavy atom. The Labute approximate surface area is 342 Å². The van der Waals surface area contributed by atoms with E-state index in [-0.39, 0.29) is 24.9 Å². The standard InChI is InChI=1S/C49H95NO5/c1-4-7-10-13-16-19-22-23-24-25-27-28-31-34-37-40-45(55-49(54)42-39-36-33-30-26-20-17-14-11-8-5-2)43-48(53)50-46(44-51)47(52)41-38-35-32-29-21-18-15-12-9-6-3/h23-24,45-47,51-52H,4-22,25-44H2,1-3H3,(H,50,53)/b24-23+. The fraction of sp³-hybridized carbons (Fsp3) is 0.918. The summed E-state index contributed by atoms with van der Waals surface area (Å²) in [6, 6.07) is -0.696. The number of esters is 1. The fourth-order valence-electron chi connectivity index (χ4n) is 7.60. The number of nitrogens with one attached hydrogen (secondary N) is 1. The number of aliphatic hydroxyl groups excluding tert-OH is 2. The van der Waals surface area contributed by atoms with E-state index in [2.05, 4.69) is 38.2 Å². The lowest BCUT2D eigenvalue weighted by atomic mass is 10.0. The van der Waals surface area contributed by atoms with Crippen LogP contribution in [0, 0.1) is 0 Å². The zero-order valence-corrected chi connectivity index (χ0v) is 37.1. The second-order valence-electron chi connectivity index (χ2n) is 16.9. The molecular weight excluding hydrogens is 683 g/mol. The summed E-state index contributed by atoms with van der Waals surface area (Å²) >= 11 is 0. The lowest BCUT2D eigenvalue weighted by molar-refractivity contribution is -0.151. The number of carbonyl (C=O) groups excluding carboxylic acids is 2. The summed E-state index contributed by atoms with van der Waals surface area (Å²) in [5.74, 6) is -0.470. The lowest BCUT2D eigenvalue weighted by Crippen LogP contribution is -2.46. The first-order valence-corrected chi connectivity index (χ1v) is 24.4. The second kappa shape index (κ2) is 43.7. The Morgan fingerprint density at radius 3 is 1.29 bits per heavy atom. The number of hydrogen-bond donors (Lipinski definition) is 3. The van der Waals surface area contributed by atoms with Gasteiger partial charge in [-0.05, 0) is 51.4 Å². The molecule has 0 aliphatic carbocycles. The summed E-state index contributed by atoms with van der Waals surface area (Å²) in [7, 11) is 0. The lowest BCUT2D eigenvalue weighted by Gasteiger charge is -2.24. The van der Waals surface area contributed by atoms with Crippen LogP contribution in [0.4, 0.5) is 0 Å². The number of aliphatic hydroxyl groups is 2. The van der Waals surface area contributed by atoms with Gasteiger partial charge in [-0.25, -0.2) is 0 Å². The van der Waals surface area contributed by atoms with Crippen LogP contribution in [0.25, 0.3) is 0 Å². The van der Waals surface area contributed by atoms with Crippen molar-refractivity contribution in [1.29, 1.82) is 0 Å². The summed E-state index contributed by atoms with van der Waals surface area (Å²) in [5.41, 5.74) is 0. The molecule has 1 amide bonds. The average Bonchev–Trinajstić information content (AvgIpc) is 3.18. The van der Waals surface area contributed by atoms with Gasteiger partial charge in [-0.15, -0.1) is 0 Å². The van der Waals surface area contributed by atoms with Gasteiger partial charge in [0.05, 0.1) is 25.2 Å². The Kier molecular flexibility index (Phi) is 42.6. The van der Waals surface area contributed by atoms with Crippen LogP contribution in [0.5, 0.6) is 0 Å². The van der Waals surface area contributed by atoms with Crippen molar-refractivity contribution in [3.8, 4) is 0 Å². The maximum Gasteiger partial charge on any atom is 0.306 e. The van der Waals surface area contributed by atoms with Gasteiger partial charge >= 0.3 is 5.97 Å². The predicted molar refractivity (Wildman–Crippen MR) is 237 cm³/mol. The van der Waals surface area contributed by atoms with Crippen molar-refractivity contribution in [3.63, 3.8) is 0 Å². The maximum atomic E-state index is 13.1. The molecule has 0 aromatic heterocycles. The highest BCUT2D eigenvalue weighted by Gasteiger charge is 2.24. The first-order valence-electron chi connectivity index (χ1n) is 24.4. The summed E-state index contributed by atoms with van der Waals surface area (Å²) in [6.45, 7) is 6.47. The van der Waals surface area contributed by atoms with Gasteiger partial charge in [0.25, 0.3) is 0 Å². The van der Waals surface area contributed by atoms with Crippen molar-refractivity contribution >= 4 is 11.9 Å².